The third-order valence-electron chi connectivity index (χ3n) is 4.32. The lowest BCUT2D eigenvalue weighted by Crippen LogP contribution is -2.48. The second kappa shape index (κ2) is 7.79. The van der Waals surface area contributed by atoms with E-state index in [9.17, 15) is 9.90 Å². The summed E-state index contributed by atoms with van der Waals surface area (Å²) in [6.45, 7) is 4.97. The molecule has 126 valence electrons. The second-order valence-electron chi connectivity index (χ2n) is 5.80. The summed E-state index contributed by atoms with van der Waals surface area (Å²) in [5.41, 5.74) is 0.889. The first kappa shape index (κ1) is 16.3. The van der Waals surface area contributed by atoms with E-state index in [1.54, 1.807) is 17.2 Å². The predicted octanol–water partition coefficient (Wildman–Crippen LogP) is 1.57. The SMILES string of the molecule is O=CN(CCN1CCN(c2ccccc2O)CC1)c1ccccn1. The Hall–Kier alpha value is -2.60. The highest BCUT2D eigenvalue weighted by atomic mass is 16.3. The number of aromatic nitrogens is 1. The van der Waals surface area contributed by atoms with Crippen LogP contribution in [0.1, 0.15) is 0 Å². The quantitative estimate of drug-likeness (QED) is 0.817. The van der Waals surface area contributed by atoms with Crippen molar-refractivity contribution in [3.05, 3.63) is 48.7 Å². The second-order valence-corrected chi connectivity index (χ2v) is 5.80. The van der Waals surface area contributed by atoms with Crippen molar-refractivity contribution in [1.29, 1.82) is 0 Å². The van der Waals surface area contributed by atoms with Crippen LogP contribution in [0.25, 0.3) is 0 Å². The lowest BCUT2D eigenvalue weighted by Gasteiger charge is -2.36. The van der Waals surface area contributed by atoms with Crippen LogP contribution in [-0.2, 0) is 4.79 Å². The molecule has 1 aliphatic heterocycles. The lowest BCUT2D eigenvalue weighted by atomic mass is 10.2. The van der Waals surface area contributed by atoms with Gasteiger partial charge in [0.05, 0.1) is 5.69 Å². The molecule has 0 atom stereocenters. The van der Waals surface area contributed by atoms with E-state index in [2.05, 4.69) is 14.8 Å². The number of rotatable bonds is 6. The van der Waals surface area contributed by atoms with E-state index in [4.69, 9.17) is 0 Å². The van der Waals surface area contributed by atoms with E-state index in [0.29, 0.717) is 18.1 Å². The Morgan fingerprint density at radius 1 is 1.08 bits per heavy atom. The van der Waals surface area contributed by atoms with Crippen molar-refractivity contribution < 1.29 is 9.90 Å². The van der Waals surface area contributed by atoms with Crippen LogP contribution in [0.3, 0.4) is 0 Å². The average Bonchev–Trinajstić information content (AvgIpc) is 2.64. The van der Waals surface area contributed by atoms with Crippen molar-refractivity contribution in [3.63, 3.8) is 0 Å². The Balaban J connectivity index is 1.50. The van der Waals surface area contributed by atoms with Crippen LogP contribution in [-0.4, -0.2) is 60.7 Å². The molecule has 1 amide bonds. The Morgan fingerprint density at radius 3 is 2.50 bits per heavy atom. The van der Waals surface area contributed by atoms with Gasteiger partial charge in [-0.3, -0.25) is 14.6 Å². The van der Waals surface area contributed by atoms with Gasteiger partial charge in [0.15, 0.2) is 0 Å². The fourth-order valence-electron chi connectivity index (χ4n) is 2.94. The summed E-state index contributed by atoms with van der Waals surface area (Å²) >= 11 is 0. The Kier molecular flexibility index (Phi) is 5.28. The number of anilines is 2. The maximum atomic E-state index is 11.3. The normalized spacial score (nSPS) is 15.2. The minimum Gasteiger partial charge on any atom is -0.506 e. The molecule has 0 radical (unpaired) electrons. The molecule has 1 aromatic heterocycles. The largest absolute Gasteiger partial charge is 0.506 e. The van der Waals surface area contributed by atoms with Gasteiger partial charge in [0.25, 0.3) is 0 Å². The van der Waals surface area contributed by atoms with Crippen molar-refractivity contribution in [2.24, 2.45) is 0 Å². The van der Waals surface area contributed by atoms with Gasteiger partial charge in [0, 0.05) is 45.5 Å². The molecule has 1 fully saturated rings. The number of phenolic OH excluding ortho intramolecular Hbond substituents is 1. The molecule has 6 nitrogen and oxygen atoms in total. The van der Waals surface area contributed by atoms with Gasteiger partial charge >= 0.3 is 0 Å². The van der Waals surface area contributed by atoms with Gasteiger partial charge in [-0.05, 0) is 24.3 Å². The molecular formula is C18H22N4O2. The number of aromatic hydroxyl groups is 1. The van der Waals surface area contributed by atoms with Crippen molar-refractivity contribution >= 4 is 17.9 Å². The molecule has 1 aliphatic rings. The molecular weight excluding hydrogens is 304 g/mol. The summed E-state index contributed by atoms with van der Waals surface area (Å²) in [6.07, 6.45) is 2.53. The summed E-state index contributed by atoms with van der Waals surface area (Å²) in [7, 11) is 0. The fourth-order valence-corrected chi connectivity index (χ4v) is 2.94. The van der Waals surface area contributed by atoms with Crippen molar-refractivity contribution in [1.82, 2.24) is 9.88 Å². The van der Waals surface area contributed by atoms with Crippen molar-refractivity contribution in [2.45, 2.75) is 0 Å². The number of hydrogen-bond donors (Lipinski definition) is 1. The molecule has 0 saturated carbocycles. The molecule has 0 aliphatic carbocycles. The lowest BCUT2D eigenvalue weighted by molar-refractivity contribution is -0.107. The number of piperazine rings is 1. The van der Waals surface area contributed by atoms with Gasteiger partial charge in [-0.1, -0.05) is 18.2 Å². The van der Waals surface area contributed by atoms with Crippen LogP contribution < -0.4 is 9.80 Å². The molecule has 0 unspecified atom stereocenters. The Labute approximate surface area is 141 Å². The van der Waals surface area contributed by atoms with Crippen LogP contribution in [0.2, 0.25) is 0 Å². The maximum Gasteiger partial charge on any atom is 0.215 e. The van der Waals surface area contributed by atoms with Crippen molar-refractivity contribution in [2.75, 3.05) is 49.1 Å². The number of carbonyl (C=O) groups is 1. The van der Waals surface area contributed by atoms with Gasteiger partial charge in [0.1, 0.15) is 11.6 Å². The third-order valence-corrected chi connectivity index (χ3v) is 4.32. The molecule has 6 heteroatoms. The zero-order chi connectivity index (χ0) is 16.8. The summed E-state index contributed by atoms with van der Waals surface area (Å²) in [4.78, 5) is 21.7. The number of phenols is 1. The number of benzene rings is 1. The van der Waals surface area contributed by atoms with Gasteiger partial charge in [-0.2, -0.15) is 0 Å². The van der Waals surface area contributed by atoms with E-state index < -0.39 is 0 Å². The minimum atomic E-state index is 0.327. The highest BCUT2D eigenvalue weighted by Gasteiger charge is 2.19. The number of para-hydroxylation sites is 2. The minimum absolute atomic E-state index is 0.327. The first-order valence-corrected chi connectivity index (χ1v) is 8.16. The van der Waals surface area contributed by atoms with Crippen LogP contribution in [0.5, 0.6) is 5.75 Å². The Morgan fingerprint density at radius 2 is 1.83 bits per heavy atom. The predicted molar refractivity (Wildman–Crippen MR) is 94.4 cm³/mol. The maximum absolute atomic E-state index is 11.3. The molecule has 1 saturated heterocycles. The molecule has 24 heavy (non-hydrogen) atoms. The van der Waals surface area contributed by atoms with E-state index in [0.717, 1.165) is 44.8 Å². The third kappa shape index (κ3) is 3.83. The number of nitrogens with zero attached hydrogens (tertiary/aromatic N) is 4. The van der Waals surface area contributed by atoms with E-state index in [1.807, 2.05) is 36.4 Å². The van der Waals surface area contributed by atoms with E-state index in [-0.39, 0.29) is 0 Å². The summed E-state index contributed by atoms with van der Waals surface area (Å²) in [5.74, 6) is 1.01. The first-order valence-electron chi connectivity index (χ1n) is 8.16. The van der Waals surface area contributed by atoms with Gasteiger partial charge in [0.2, 0.25) is 6.41 Å². The van der Waals surface area contributed by atoms with Crippen LogP contribution in [0.4, 0.5) is 11.5 Å². The van der Waals surface area contributed by atoms with Crippen molar-refractivity contribution in [3.8, 4) is 5.75 Å². The highest BCUT2D eigenvalue weighted by Crippen LogP contribution is 2.27. The van der Waals surface area contributed by atoms with Crippen LogP contribution >= 0.6 is 0 Å². The van der Waals surface area contributed by atoms with Crippen LogP contribution in [0, 0.1) is 0 Å². The van der Waals surface area contributed by atoms with Gasteiger partial charge in [-0.15, -0.1) is 0 Å². The zero-order valence-corrected chi connectivity index (χ0v) is 13.6. The smallest absolute Gasteiger partial charge is 0.215 e. The van der Waals surface area contributed by atoms with Gasteiger partial charge in [-0.25, -0.2) is 4.98 Å². The van der Waals surface area contributed by atoms with E-state index >= 15 is 0 Å². The number of pyridine rings is 1. The molecule has 2 heterocycles. The van der Waals surface area contributed by atoms with Crippen LogP contribution in [0.15, 0.2) is 48.7 Å². The molecule has 0 bridgehead atoms. The number of carbonyl (C=O) groups excluding carboxylic acids is 1. The monoisotopic (exact) mass is 326 g/mol. The topological polar surface area (TPSA) is 59.9 Å². The fraction of sp³-hybridized carbons (Fsp3) is 0.333. The summed E-state index contributed by atoms with van der Waals surface area (Å²) in [6, 6.07) is 13.0. The molecule has 3 rings (SSSR count). The molecule has 2 aromatic rings. The molecule has 0 spiro atoms. The number of amides is 1. The summed E-state index contributed by atoms with van der Waals surface area (Å²) in [5, 5.41) is 9.96. The van der Waals surface area contributed by atoms with Gasteiger partial charge < -0.3 is 10.0 Å². The van der Waals surface area contributed by atoms with E-state index in [1.165, 1.54) is 0 Å². The standard InChI is InChI=1S/C18H22N4O2/c23-15-22(18-7-3-4-8-19-18)14-11-20-9-12-21(13-10-20)16-5-1-2-6-17(16)24/h1-8,15,24H,9-14H2. The first-order chi connectivity index (χ1) is 11.8. The molecule has 1 aromatic carbocycles. The Bertz CT molecular complexity index is 657. The number of hydrogen-bond acceptors (Lipinski definition) is 5. The average molecular weight is 326 g/mol. The highest BCUT2D eigenvalue weighted by molar-refractivity contribution is 5.72. The molecule has 1 N–H and O–H groups in total. The zero-order valence-electron chi connectivity index (χ0n) is 13.6. The summed E-state index contributed by atoms with van der Waals surface area (Å²) < 4.78 is 0.